The quantitative estimate of drug-likeness (QED) is 0.267. The van der Waals surface area contributed by atoms with E-state index < -0.39 is 18.6 Å². The van der Waals surface area contributed by atoms with Crippen LogP contribution in [0.4, 0.5) is 4.79 Å². The summed E-state index contributed by atoms with van der Waals surface area (Å²) in [6.45, 7) is 1.61. The van der Waals surface area contributed by atoms with Crippen LogP contribution in [-0.4, -0.2) is 40.7 Å². The van der Waals surface area contributed by atoms with Crippen LogP contribution in [0.15, 0.2) is 83.3 Å². The smallest absolute Gasteiger partial charge is 0.416 e. The van der Waals surface area contributed by atoms with Gasteiger partial charge in [-0.15, -0.1) is 0 Å². The van der Waals surface area contributed by atoms with Crippen LogP contribution in [-0.2, 0) is 17.8 Å². The number of oxazole rings is 1. The summed E-state index contributed by atoms with van der Waals surface area (Å²) < 4.78 is 16.4. The molecule has 2 atom stereocenters. The number of hydrogen-bond donors (Lipinski definition) is 1. The van der Waals surface area contributed by atoms with E-state index in [-0.39, 0.29) is 6.54 Å². The lowest BCUT2D eigenvalue weighted by Gasteiger charge is -2.20. The third-order valence-electron chi connectivity index (χ3n) is 6.92. The highest BCUT2D eigenvalue weighted by atomic mass is 16.6. The molecule has 200 valence electrons. The maximum absolute atomic E-state index is 12.7. The van der Waals surface area contributed by atoms with Gasteiger partial charge in [0.1, 0.15) is 23.8 Å². The van der Waals surface area contributed by atoms with E-state index in [9.17, 15) is 14.7 Å². The molecule has 0 radical (unpaired) electrons. The van der Waals surface area contributed by atoms with Crippen LogP contribution in [0.2, 0.25) is 0 Å². The Kier molecular flexibility index (Phi) is 7.63. The highest BCUT2D eigenvalue weighted by molar-refractivity contribution is 5.78. The first kappa shape index (κ1) is 26.0. The van der Waals surface area contributed by atoms with Crippen molar-refractivity contribution in [2.45, 2.75) is 32.2 Å². The molecule has 1 fully saturated rings. The fourth-order valence-electron chi connectivity index (χ4n) is 4.70. The molecule has 1 aromatic heterocycles. The summed E-state index contributed by atoms with van der Waals surface area (Å²) in [6, 6.07) is 24.4. The summed E-state index contributed by atoms with van der Waals surface area (Å²) in [5, 5.41) is 9.33. The normalized spacial score (nSPS) is 15.9. The van der Waals surface area contributed by atoms with Gasteiger partial charge in [-0.3, -0.25) is 9.69 Å². The van der Waals surface area contributed by atoms with Gasteiger partial charge in [-0.25, -0.2) is 9.78 Å². The number of carboxylic acids is 1. The molecule has 1 aliphatic carbocycles. The van der Waals surface area contributed by atoms with Crippen molar-refractivity contribution in [3.63, 3.8) is 0 Å². The summed E-state index contributed by atoms with van der Waals surface area (Å²) in [7, 11) is 1.55. The SMILES string of the molecule is COc1ccc(OC(=O)N(CC(=O)O)Cc2ccc([C@H]3C[C@H]3Cc3nc(-c4ccccc4)oc3C)cc2)cc1. The van der Waals surface area contributed by atoms with Crippen LogP contribution < -0.4 is 9.47 Å². The lowest BCUT2D eigenvalue weighted by atomic mass is 10.0. The van der Waals surface area contributed by atoms with Gasteiger partial charge in [-0.05, 0) is 79.1 Å². The van der Waals surface area contributed by atoms with Gasteiger partial charge in [0.05, 0.1) is 12.8 Å². The minimum Gasteiger partial charge on any atom is -0.497 e. The van der Waals surface area contributed by atoms with E-state index >= 15 is 0 Å². The summed E-state index contributed by atoms with van der Waals surface area (Å²) >= 11 is 0. The third kappa shape index (κ3) is 6.46. The molecule has 0 aliphatic heterocycles. The topological polar surface area (TPSA) is 102 Å². The van der Waals surface area contributed by atoms with E-state index in [1.54, 1.807) is 31.4 Å². The van der Waals surface area contributed by atoms with Crippen LogP contribution in [0.3, 0.4) is 0 Å². The Bertz CT molecular complexity index is 1430. The average molecular weight is 527 g/mol. The van der Waals surface area contributed by atoms with E-state index in [4.69, 9.17) is 18.9 Å². The number of aryl methyl sites for hydroxylation is 1. The molecule has 1 heterocycles. The van der Waals surface area contributed by atoms with Gasteiger partial charge in [0.25, 0.3) is 0 Å². The zero-order valence-electron chi connectivity index (χ0n) is 21.9. The van der Waals surface area contributed by atoms with E-state index in [1.807, 2.05) is 49.4 Å². The molecular weight excluding hydrogens is 496 g/mol. The van der Waals surface area contributed by atoms with Gasteiger partial charge in [0, 0.05) is 12.1 Å². The van der Waals surface area contributed by atoms with Crippen LogP contribution in [0.25, 0.3) is 11.5 Å². The van der Waals surface area contributed by atoms with Crippen molar-refractivity contribution in [3.05, 3.63) is 101 Å². The van der Waals surface area contributed by atoms with Gasteiger partial charge < -0.3 is 19.0 Å². The number of nitrogens with zero attached hydrogens (tertiary/aromatic N) is 2. The molecule has 0 bridgehead atoms. The number of benzene rings is 3. The largest absolute Gasteiger partial charge is 0.497 e. The first-order chi connectivity index (χ1) is 18.9. The summed E-state index contributed by atoms with van der Waals surface area (Å²) in [6.07, 6.45) is 1.20. The Labute approximate surface area is 226 Å². The minimum absolute atomic E-state index is 0.121. The van der Waals surface area contributed by atoms with Crippen LogP contribution in [0.1, 0.15) is 34.9 Å². The molecule has 1 amide bonds. The molecular formula is C31H30N2O6. The molecule has 39 heavy (non-hydrogen) atoms. The second-order valence-corrected chi connectivity index (χ2v) is 9.73. The van der Waals surface area contributed by atoms with Crippen molar-refractivity contribution in [3.8, 4) is 23.0 Å². The second kappa shape index (κ2) is 11.4. The number of hydrogen-bond acceptors (Lipinski definition) is 6. The Morgan fingerprint density at radius 1 is 1.00 bits per heavy atom. The molecule has 3 aromatic carbocycles. The van der Waals surface area contributed by atoms with Crippen LogP contribution in [0, 0.1) is 12.8 Å². The number of methoxy groups -OCH3 is 1. The molecule has 8 nitrogen and oxygen atoms in total. The number of carbonyl (C=O) groups is 2. The summed E-state index contributed by atoms with van der Waals surface area (Å²) in [4.78, 5) is 30.0. The lowest BCUT2D eigenvalue weighted by molar-refractivity contribution is -0.138. The third-order valence-corrected chi connectivity index (χ3v) is 6.92. The standard InChI is InChI=1S/C31H30N2O6/c1-20-28(32-30(38-20)23-6-4-3-5-7-23)17-24-16-27(24)22-10-8-21(9-11-22)18-33(19-29(34)35)31(36)39-26-14-12-25(37-2)13-15-26/h3-15,24,27H,16-19H2,1-2H3,(H,34,35)/t24-,27+/m0/s1. The maximum atomic E-state index is 12.7. The zero-order chi connectivity index (χ0) is 27.4. The van der Waals surface area contributed by atoms with Crippen LogP contribution in [0.5, 0.6) is 11.5 Å². The van der Waals surface area contributed by atoms with Gasteiger partial charge in [0.15, 0.2) is 0 Å². The van der Waals surface area contributed by atoms with Crippen molar-refractivity contribution in [1.82, 2.24) is 9.88 Å². The van der Waals surface area contributed by atoms with E-state index in [1.165, 1.54) is 10.5 Å². The molecule has 0 unspecified atom stereocenters. The fraction of sp³-hybridized carbons (Fsp3) is 0.258. The maximum Gasteiger partial charge on any atom is 0.416 e. The number of amides is 1. The number of ether oxygens (including phenoxy) is 2. The zero-order valence-corrected chi connectivity index (χ0v) is 21.9. The molecule has 0 saturated heterocycles. The highest BCUT2D eigenvalue weighted by Gasteiger charge is 2.39. The Morgan fingerprint density at radius 2 is 1.69 bits per heavy atom. The highest BCUT2D eigenvalue weighted by Crippen LogP contribution is 2.49. The molecule has 1 aliphatic rings. The van der Waals surface area contributed by atoms with Crippen molar-refractivity contribution in [2.24, 2.45) is 5.92 Å². The Hall–Kier alpha value is -4.59. The number of aliphatic carboxylic acids is 1. The predicted molar refractivity (Wildman–Crippen MR) is 145 cm³/mol. The first-order valence-corrected chi connectivity index (χ1v) is 12.8. The Balaban J connectivity index is 1.19. The van der Waals surface area contributed by atoms with E-state index in [0.717, 1.165) is 35.4 Å². The van der Waals surface area contributed by atoms with E-state index in [2.05, 4.69) is 12.1 Å². The number of aromatic nitrogens is 1. The van der Waals surface area contributed by atoms with Gasteiger partial charge in [-0.2, -0.15) is 0 Å². The molecule has 4 aromatic rings. The van der Waals surface area contributed by atoms with Crippen molar-refractivity contribution in [1.29, 1.82) is 0 Å². The summed E-state index contributed by atoms with van der Waals surface area (Å²) in [5.41, 5.74) is 4.01. The monoisotopic (exact) mass is 526 g/mol. The number of carboxylic acid groups (broad SMARTS) is 1. The average Bonchev–Trinajstić information content (AvgIpc) is 3.62. The van der Waals surface area contributed by atoms with Gasteiger partial charge in [0.2, 0.25) is 5.89 Å². The molecule has 8 heteroatoms. The van der Waals surface area contributed by atoms with E-state index in [0.29, 0.717) is 29.2 Å². The Morgan fingerprint density at radius 3 is 2.36 bits per heavy atom. The minimum atomic E-state index is -1.11. The van der Waals surface area contributed by atoms with Crippen LogP contribution >= 0.6 is 0 Å². The molecule has 1 saturated carbocycles. The van der Waals surface area contributed by atoms with Crippen molar-refractivity contribution >= 4 is 12.1 Å². The van der Waals surface area contributed by atoms with Crippen molar-refractivity contribution < 1.29 is 28.6 Å². The number of carbonyl (C=O) groups excluding carboxylic acids is 1. The second-order valence-electron chi connectivity index (χ2n) is 9.73. The van der Waals surface area contributed by atoms with Crippen molar-refractivity contribution in [2.75, 3.05) is 13.7 Å². The lowest BCUT2D eigenvalue weighted by Crippen LogP contribution is -2.37. The first-order valence-electron chi connectivity index (χ1n) is 12.8. The molecule has 1 N–H and O–H groups in total. The molecule has 5 rings (SSSR count). The molecule has 0 spiro atoms. The number of rotatable bonds is 10. The van der Waals surface area contributed by atoms with Gasteiger partial charge >= 0.3 is 12.1 Å². The van der Waals surface area contributed by atoms with Gasteiger partial charge in [-0.1, -0.05) is 42.5 Å². The predicted octanol–water partition coefficient (Wildman–Crippen LogP) is 6.09. The summed E-state index contributed by atoms with van der Waals surface area (Å²) in [5.74, 6) is 2.26. The fourth-order valence-corrected chi connectivity index (χ4v) is 4.70.